The van der Waals surface area contributed by atoms with Gasteiger partial charge < -0.3 is 10.4 Å². The molecule has 0 radical (unpaired) electrons. The molecule has 1 amide bonds. The Morgan fingerprint density at radius 3 is 2.72 bits per heavy atom. The quantitative estimate of drug-likeness (QED) is 0.895. The highest BCUT2D eigenvalue weighted by molar-refractivity contribution is 9.10. The number of aliphatic hydroxyl groups is 1. The van der Waals surface area contributed by atoms with Crippen LogP contribution in [0.1, 0.15) is 13.3 Å². The van der Waals surface area contributed by atoms with Gasteiger partial charge in [-0.05, 0) is 37.6 Å². The minimum atomic E-state index is -0.655. The smallest absolute Gasteiger partial charge is 0.238 e. The average Bonchev–Trinajstić information content (AvgIpc) is 2.61. The first-order valence-electron chi connectivity index (χ1n) is 5.95. The summed E-state index contributed by atoms with van der Waals surface area (Å²) >= 11 is 3.35. The summed E-state index contributed by atoms with van der Waals surface area (Å²) < 4.78 is 0.982. The molecule has 2 rings (SSSR count). The number of halogens is 1. The molecule has 1 aliphatic heterocycles. The summed E-state index contributed by atoms with van der Waals surface area (Å²) in [6.45, 7) is 3.45. The zero-order valence-corrected chi connectivity index (χ0v) is 11.9. The molecule has 4 nitrogen and oxygen atoms in total. The number of carbonyl (C=O) groups is 1. The normalized spacial score (nSPS) is 24.2. The third-order valence-electron chi connectivity index (χ3n) is 3.03. The average molecular weight is 313 g/mol. The fraction of sp³-hybridized carbons (Fsp3) is 0.462. The maximum atomic E-state index is 11.8. The fourth-order valence-corrected chi connectivity index (χ4v) is 2.37. The molecule has 1 heterocycles. The van der Waals surface area contributed by atoms with E-state index < -0.39 is 5.60 Å². The summed E-state index contributed by atoms with van der Waals surface area (Å²) in [4.78, 5) is 13.8. The van der Waals surface area contributed by atoms with E-state index in [1.165, 1.54) is 0 Å². The number of benzene rings is 1. The van der Waals surface area contributed by atoms with E-state index in [-0.39, 0.29) is 5.91 Å². The molecule has 1 aromatic carbocycles. The molecular formula is C13H17BrN2O2. The van der Waals surface area contributed by atoms with Crippen molar-refractivity contribution in [3.05, 3.63) is 28.7 Å². The van der Waals surface area contributed by atoms with E-state index in [1.54, 1.807) is 6.92 Å². The Kier molecular flexibility index (Phi) is 4.04. The first-order chi connectivity index (χ1) is 8.44. The summed E-state index contributed by atoms with van der Waals surface area (Å²) in [5.41, 5.74) is 0.131. The van der Waals surface area contributed by atoms with Gasteiger partial charge in [-0.1, -0.05) is 15.9 Å². The summed E-state index contributed by atoms with van der Waals surface area (Å²) in [6, 6.07) is 7.47. The van der Waals surface area contributed by atoms with Gasteiger partial charge in [-0.15, -0.1) is 0 Å². The van der Waals surface area contributed by atoms with Gasteiger partial charge in [0.25, 0.3) is 0 Å². The molecule has 1 fully saturated rings. The van der Waals surface area contributed by atoms with Gasteiger partial charge in [0.15, 0.2) is 0 Å². The molecule has 1 atom stereocenters. The van der Waals surface area contributed by atoms with Gasteiger partial charge in [-0.2, -0.15) is 0 Å². The van der Waals surface area contributed by atoms with E-state index in [9.17, 15) is 9.90 Å². The van der Waals surface area contributed by atoms with Crippen LogP contribution in [0, 0.1) is 0 Å². The highest BCUT2D eigenvalue weighted by Gasteiger charge is 2.31. The van der Waals surface area contributed by atoms with Gasteiger partial charge in [0.2, 0.25) is 5.91 Å². The second kappa shape index (κ2) is 5.38. The van der Waals surface area contributed by atoms with E-state index in [2.05, 4.69) is 21.2 Å². The summed E-state index contributed by atoms with van der Waals surface area (Å²) in [5, 5.41) is 12.7. The van der Waals surface area contributed by atoms with Gasteiger partial charge in [-0.25, -0.2) is 0 Å². The van der Waals surface area contributed by atoms with Crippen molar-refractivity contribution in [3.63, 3.8) is 0 Å². The van der Waals surface area contributed by atoms with Crippen LogP contribution in [0.25, 0.3) is 0 Å². The molecule has 1 saturated heterocycles. The van der Waals surface area contributed by atoms with Crippen LogP contribution in [-0.2, 0) is 4.79 Å². The minimum absolute atomic E-state index is 0.0463. The maximum absolute atomic E-state index is 11.8. The maximum Gasteiger partial charge on any atom is 0.238 e. The molecule has 0 bridgehead atoms. The lowest BCUT2D eigenvalue weighted by molar-refractivity contribution is -0.117. The largest absolute Gasteiger partial charge is 0.389 e. The van der Waals surface area contributed by atoms with Gasteiger partial charge in [0.05, 0.1) is 12.1 Å². The number of likely N-dealkylation sites (tertiary alicyclic amines) is 1. The number of nitrogens with one attached hydrogen (secondary N) is 1. The highest BCUT2D eigenvalue weighted by Crippen LogP contribution is 2.20. The molecule has 2 N–H and O–H groups in total. The summed E-state index contributed by atoms with van der Waals surface area (Å²) in [7, 11) is 0. The van der Waals surface area contributed by atoms with Crippen molar-refractivity contribution in [1.82, 2.24) is 4.90 Å². The lowest BCUT2D eigenvalue weighted by Gasteiger charge is -2.18. The highest BCUT2D eigenvalue weighted by atomic mass is 79.9. The molecule has 1 aromatic rings. The van der Waals surface area contributed by atoms with Gasteiger partial charge in [0.1, 0.15) is 0 Å². The molecule has 1 unspecified atom stereocenters. The van der Waals surface area contributed by atoms with Crippen molar-refractivity contribution in [3.8, 4) is 0 Å². The molecule has 0 aliphatic carbocycles. The number of hydrogen-bond acceptors (Lipinski definition) is 3. The monoisotopic (exact) mass is 312 g/mol. The second-order valence-corrected chi connectivity index (χ2v) is 5.93. The van der Waals surface area contributed by atoms with Crippen LogP contribution in [0.4, 0.5) is 5.69 Å². The van der Waals surface area contributed by atoms with Crippen LogP contribution >= 0.6 is 15.9 Å². The van der Waals surface area contributed by atoms with Crippen molar-refractivity contribution < 1.29 is 9.90 Å². The number of rotatable bonds is 3. The SMILES string of the molecule is CC1(O)CCN(CC(=O)Nc2ccc(Br)cc2)C1. The molecule has 1 aliphatic rings. The number of carbonyl (C=O) groups excluding carboxylic acids is 1. The minimum Gasteiger partial charge on any atom is -0.389 e. The number of amides is 1. The molecule has 98 valence electrons. The van der Waals surface area contributed by atoms with Crippen LogP contribution in [-0.4, -0.2) is 41.1 Å². The summed E-state index contributed by atoms with van der Waals surface area (Å²) in [5.74, 6) is -0.0463. The third kappa shape index (κ3) is 3.80. The van der Waals surface area contributed by atoms with Crippen molar-refractivity contribution in [1.29, 1.82) is 0 Å². The number of anilines is 1. The van der Waals surface area contributed by atoms with E-state index >= 15 is 0 Å². The third-order valence-corrected chi connectivity index (χ3v) is 3.55. The Bertz CT molecular complexity index is 431. The summed E-state index contributed by atoms with van der Waals surface area (Å²) in [6.07, 6.45) is 0.721. The van der Waals surface area contributed by atoms with Crippen molar-refractivity contribution in [2.24, 2.45) is 0 Å². The lowest BCUT2D eigenvalue weighted by atomic mass is 10.1. The molecule has 0 aromatic heterocycles. The van der Waals surface area contributed by atoms with Crippen LogP contribution in [0.5, 0.6) is 0 Å². The van der Waals surface area contributed by atoms with E-state index in [0.29, 0.717) is 13.1 Å². The molecule has 18 heavy (non-hydrogen) atoms. The predicted octanol–water partition coefficient (Wildman–Crippen LogP) is 1.84. The van der Waals surface area contributed by atoms with E-state index in [0.717, 1.165) is 23.1 Å². The fourth-order valence-electron chi connectivity index (χ4n) is 2.11. The second-order valence-electron chi connectivity index (χ2n) is 5.01. The number of nitrogens with zero attached hydrogens (tertiary/aromatic N) is 1. The Morgan fingerprint density at radius 1 is 1.50 bits per heavy atom. The standard InChI is InChI=1S/C13H17BrN2O2/c1-13(18)6-7-16(9-13)8-12(17)15-11-4-2-10(14)3-5-11/h2-5,18H,6-9H2,1H3,(H,15,17). The van der Waals surface area contributed by atoms with Crippen LogP contribution in [0.15, 0.2) is 28.7 Å². The zero-order valence-electron chi connectivity index (χ0n) is 10.3. The van der Waals surface area contributed by atoms with Crippen LogP contribution in [0.3, 0.4) is 0 Å². The zero-order chi connectivity index (χ0) is 13.2. The Balaban J connectivity index is 1.84. The van der Waals surface area contributed by atoms with Crippen LogP contribution < -0.4 is 5.32 Å². The number of hydrogen-bond donors (Lipinski definition) is 2. The van der Waals surface area contributed by atoms with Gasteiger partial charge >= 0.3 is 0 Å². The van der Waals surface area contributed by atoms with E-state index in [4.69, 9.17) is 0 Å². The predicted molar refractivity (Wildman–Crippen MR) is 74.5 cm³/mol. The van der Waals surface area contributed by atoms with Crippen molar-refractivity contribution in [2.45, 2.75) is 18.9 Å². The molecule has 0 saturated carbocycles. The topological polar surface area (TPSA) is 52.6 Å². The Hall–Kier alpha value is -0.910. The van der Waals surface area contributed by atoms with Crippen LogP contribution in [0.2, 0.25) is 0 Å². The first-order valence-corrected chi connectivity index (χ1v) is 6.74. The van der Waals surface area contributed by atoms with E-state index in [1.807, 2.05) is 29.2 Å². The molecule has 5 heteroatoms. The molecule has 0 spiro atoms. The molecular weight excluding hydrogens is 296 g/mol. The lowest BCUT2D eigenvalue weighted by Crippen LogP contribution is -2.35. The first kappa shape index (κ1) is 13.5. The Labute approximate surface area is 115 Å². The Morgan fingerprint density at radius 2 is 2.17 bits per heavy atom. The van der Waals surface area contributed by atoms with Crippen molar-refractivity contribution in [2.75, 3.05) is 25.0 Å². The van der Waals surface area contributed by atoms with Gasteiger partial charge in [0, 0.05) is 23.2 Å². The van der Waals surface area contributed by atoms with Gasteiger partial charge in [-0.3, -0.25) is 9.69 Å². The van der Waals surface area contributed by atoms with Crippen molar-refractivity contribution >= 4 is 27.5 Å². The number of β-amino-alcohol motifs (C(OH)–C–C–N with tert-alkyl or cyclic N) is 1.